The van der Waals surface area contributed by atoms with Gasteiger partial charge in [-0.25, -0.2) is 4.79 Å². The first-order valence-corrected chi connectivity index (χ1v) is 9.25. The zero-order valence-corrected chi connectivity index (χ0v) is 15.5. The molecule has 2 aromatic rings. The van der Waals surface area contributed by atoms with Gasteiger partial charge >= 0.3 is 12.1 Å². The van der Waals surface area contributed by atoms with E-state index < -0.39 is 18.2 Å². The zero-order chi connectivity index (χ0) is 20.7. The van der Waals surface area contributed by atoms with Gasteiger partial charge in [-0.05, 0) is 42.0 Å². The van der Waals surface area contributed by atoms with Gasteiger partial charge in [0.2, 0.25) is 5.91 Å². The molecule has 28 heavy (non-hydrogen) atoms. The molecule has 0 saturated carbocycles. The molecule has 10 heteroatoms. The van der Waals surface area contributed by atoms with Crippen molar-refractivity contribution in [1.82, 2.24) is 9.88 Å². The van der Waals surface area contributed by atoms with Crippen LogP contribution in [-0.4, -0.2) is 56.8 Å². The van der Waals surface area contributed by atoms with Crippen molar-refractivity contribution in [3.8, 4) is 0 Å². The molecule has 0 bridgehead atoms. The summed E-state index contributed by atoms with van der Waals surface area (Å²) >= 11 is 1.60. The van der Waals surface area contributed by atoms with Gasteiger partial charge in [0.05, 0.1) is 18.6 Å². The van der Waals surface area contributed by atoms with Crippen molar-refractivity contribution in [2.45, 2.75) is 37.6 Å². The molecule has 2 aromatic heterocycles. The van der Waals surface area contributed by atoms with Gasteiger partial charge in [0, 0.05) is 23.8 Å². The minimum Gasteiger partial charge on any atom is -0.475 e. The number of nitrogens with zero attached hydrogens (tertiary/aromatic N) is 2. The number of carbonyl (C=O) groups excluding carboxylic acids is 1. The number of thiophene rings is 1. The van der Waals surface area contributed by atoms with Crippen molar-refractivity contribution < 1.29 is 33.0 Å². The first kappa shape index (κ1) is 21.8. The quantitative estimate of drug-likeness (QED) is 0.799. The van der Waals surface area contributed by atoms with Gasteiger partial charge in [0.25, 0.3) is 0 Å². The van der Waals surface area contributed by atoms with E-state index in [1.165, 1.54) is 0 Å². The van der Waals surface area contributed by atoms with Gasteiger partial charge in [0.15, 0.2) is 0 Å². The van der Waals surface area contributed by atoms with E-state index in [0.29, 0.717) is 25.8 Å². The molecular formula is C18H19F3N2O4S. The van der Waals surface area contributed by atoms with Crippen molar-refractivity contribution in [2.75, 3.05) is 6.54 Å². The number of carbonyl (C=O) groups is 2. The molecule has 3 rings (SSSR count). The standard InChI is InChI=1S/C16H18N2O2S.C2HF3O2/c19-15-5-8-18(16(20)11-13-2-1-9-21-13)14(15)10-12-3-6-17-7-4-12;3-2(4,5)1(6)7/h1-4,6-7,9,14-15,19H,5,8,10-11H2;(H,6,7)/t14-,15+;/m0./s1. The molecule has 2 atom stereocenters. The Bertz CT molecular complexity index is 769. The first-order valence-electron chi connectivity index (χ1n) is 8.37. The van der Waals surface area contributed by atoms with Crippen molar-refractivity contribution in [3.63, 3.8) is 0 Å². The number of rotatable bonds is 4. The Morgan fingerprint density at radius 1 is 1.25 bits per heavy atom. The van der Waals surface area contributed by atoms with E-state index in [2.05, 4.69) is 4.98 Å². The minimum atomic E-state index is -5.08. The molecule has 152 valence electrons. The summed E-state index contributed by atoms with van der Waals surface area (Å²) < 4.78 is 31.7. The van der Waals surface area contributed by atoms with Crippen molar-refractivity contribution in [3.05, 3.63) is 52.5 Å². The summed E-state index contributed by atoms with van der Waals surface area (Å²) in [6.07, 6.45) is -0.267. The van der Waals surface area contributed by atoms with Crippen LogP contribution in [0.5, 0.6) is 0 Å². The van der Waals surface area contributed by atoms with E-state index >= 15 is 0 Å². The van der Waals surface area contributed by atoms with E-state index in [4.69, 9.17) is 9.90 Å². The monoisotopic (exact) mass is 416 g/mol. The Morgan fingerprint density at radius 3 is 2.43 bits per heavy atom. The number of likely N-dealkylation sites (tertiary alicyclic amines) is 1. The van der Waals surface area contributed by atoms with Gasteiger partial charge in [0.1, 0.15) is 0 Å². The molecule has 0 radical (unpaired) electrons. The number of aliphatic carboxylic acids is 1. The minimum absolute atomic E-state index is 0.105. The van der Waals surface area contributed by atoms with Crippen LogP contribution in [0.1, 0.15) is 16.9 Å². The largest absolute Gasteiger partial charge is 0.490 e. The van der Waals surface area contributed by atoms with E-state index in [-0.39, 0.29) is 11.9 Å². The smallest absolute Gasteiger partial charge is 0.475 e. The lowest BCUT2D eigenvalue weighted by Gasteiger charge is -2.26. The predicted molar refractivity (Wildman–Crippen MR) is 95.8 cm³/mol. The third kappa shape index (κ3) is 6.31. The normalized spacial score (nSPS) is 19.1. The number of aromatic nitrogens is 1. The number of carboxylic acid groups (broad SMARTS) is 1. The summed E-state index contributed by atoms with van der Waals surface area (Å²) in [6, 6.07) is 7.69. The molecule has 6 nitrogen and oxygen atoms in total. The average molecular weight is 416 g/mol. The number of halogens is 3. The van der Waals surface area contributed by atoms with E-state index in [0.717, 1.165) is 10.4 Å². The van der Waals surface area contributed by atoms with Crippen LogP contribution in [0.25, 0.3) is 0 Å². The van der Waals surface area contributed by atoms with E-state index in [1.807, 2.05) is 34.5 Å². The molecule has 0 spiro atoms. The lowest BCUT2D eigenvalue weighted by atomic mass is 10.0. The Morgan fingerprint density at radius 2 is 1.89 bits per heavy atom. The zero-order valence-electron chi connectivity index (χ0n) is 14.7. The fourth-order valence-corrected chi connectivity index (χ4v) is 3.51. The highest BCUT2D eigenvalue weighted by Crippen LogP contribution is 2.23. The second-order valence-corrected chi connectivity index (χ2v) is 7.16. The average Bonchev–Trinajstić information content (AvgIpc) is 3.26. The van der Waals surface area contributed by atoms with Gasteiger partial charge in [-0.15, -0.1) is 11.3 Å². The molecule has 0 aromatic carbocycles. The molecule has 2 N–H and O–H groups in total. The fraction of sp³-hybridized carbons (Fsp3) is 0.389. The molecule has 0 unspecified atom stereocenters. The fourth-order valence-electron chi connectivity index (χ4n) is 2.82. The number of aliphatic hydroxyl groups excluding tert-OH is 1. The summed E-state index contributed by atoms with van der Waals surface area (Å²) in [4.78, 5) is 28.3. The molecule has 1 aliphatic rings. The molecule has 0 aliphatic carbocycles. The number of carboxylic acids is 1. The molecular weight excluding hydrogens is 397 g/mol. The predicted octanol–water partition coefficient (Wildman–Crippen LogP) is 2.52. The molecule has 1 amide bonds. The number of hydrogen-bond donors (Lipinski definition) is 2. The van der Waals surface area contributed by atoms with Crippen LogP contribution in [0.3, 0.4) is 0 Å². The summed E-state index contributed by atoms with van der Waals surface area (Å²) in [7, 11) is 0. The lowest BCUT2D eigenvalue weighted by Crippen LogP contribution is -2.41. The number of aliphatic hydroxyl groups is 1. The topological polar surface area (TPSA) is 90.7 Å². The van der Waals surface area contributed by atoms with Crippen molar-refractivity contribution in [1.29, 1.82) is 0 Å². The summed E-state index contributed by atoms with van der Waals surface area (Å²) in [5.41, 5.74) is 1.10. The number of pyridine rings is 1. The van der Waals surface area contributed by atoms with Crippen LogP contribution in [-0.2, 0) is 22.4 Å². The number of alkyl halides is 3. The SMILES string of the molecule is O=C(Cc1cccs1)N1CC[C@@H](O)[C@@H]1Cc1ccncc1.O=C(O)C(F)(F)F. The van der Waals surface area contributed by atoms with Crippen LogP contribution in [0.4, 0.5) is 13.2 Å². The molecule has 1 fully saturated rings. The maximum atomic E-state index is 12.5. The van der Waals surface area contributed by atoms with E-state index in [1.54, 1.807) is 23.7 Å². The summed E-state index contributed by atoms with van der Waals surface area (Å²) in [6.45, 7) is 0.640. The Hall–Kier alpha value is -2.46. The Kier molecular flexibility index (Phi) is 7.53. The second-order valence-electron chi connectivity index (χ2n) is 6.13. The van der Waals surface area contributed by atoms with Crippen LogP contribution in [0, 0.1) is 0 Å². The van der Waals surface area contributed by atoms with Crippen LogP contribution in [0.2, 0.25) is 0 Å². The second kappa shape index (κ2) is 9.65. The van der Waals surface area contributed by atoms with Crippen LogP contribution < -0.4 is 0 Å². The highest BCUT2D eigenvalue weighted by Gasteiger charge is 2.38. The number of amides is 1. The summed E-state index contributed by atoms with van der Waals surface area (Å²) in [5.74, 6) is -2.65. The van der Waals surface area contributed by atoms with Crippen LogP contribution >= 0.6 is 11.3 Å². The Labute approximate surface area is 163 Å². The maximum Gasteiger partial charge on any atom is 0.490 e. The third-order valence-electron chi connectivity index (χ3n) is 4.17. The van der Waals surface area contributed by atoms with Crippen molar-refractivity contribution >= 4 is 23.2 Å². The van der Waals surface area contributed by atoms with Crippen molar-refractivity contribution in [2.24, 2.45) is 0 Å². The summed E-state index contributed by atoms with van der Waals surface area (Å²) in [5, 5.41) is 19.3. The van der Waals surface area contributed by atoms with Gasteiger partial charge in [-0.3, -0.25) is 9.78 Å². The Balaban J connectivity index is 0.000000345. The maximum absolute atomic E-state index is 12.5. The third-order valence-corrected chi connectivity index (χ3v) is 5.05. The van der Waals surface area contributed by atoms with Gasteiger partial charge in [-0.2, -0.15) is 13.2 Å². The van der Waals surface area contributed by atoms with Gasteiger partial charge in [-0.1, -0.05) is 6.07 Å². The molecule has 1 saturated heterocycles. The molecule has 3 heterocycles. The number of hydrogen-bond acceptors (Lipinski definition) is 5. The highest BCUT2D eigenvalue weighted by atomic mass is 32.1. The molecule has 1 aliphatic heterocycles. The van der Waals surface area contributed by atoms with Crippen LogP contribution in [0.15, 0.2) is 42.0 Å². The lowest BCUT2D eigenvalue weighted by molar-refractivity contribution is -0.192. The van der Waals surface area contributed by atoms with Gasteiger partial charge < -0.3 is 15.1 Å². The highest BCUT2D eigenvalue weighted by molar-refractivity contribution is 7.10. The first-order chi connectivity index (χ1) is 13.2. The van der Waals surface area contributed by atoms with E-state index in [9.17, 15) is 23.1 Å².